The van der Waals surface area contributed by atoms with Crippen molar-refractivity contribution in [3.63, 3.8) is 0 Å². The molecule has 1 unspecified atom stereocenters. The number of aryl methyl sites for hydroxylation is 1. The lowest BCUT2D eigenvalue weighted by molar-refractivity contribution is 0.195. The van der Waals surface area contributed by atoms with Crippen LogP contribution in [0.2, 0.25) is 0 Å². The maximum Gasteiger partial charge on any atom is 0.317 e. The van der Waals surface area contributed by atoms with Crippen molar-refractivity contribution in [3.05, 3.63) is 23.7 Å². The fourth-order valence-corrected chi connectivity index (χ4v) is 2.31. The predicted octanol–water partition coefficient (Wildman–Crippen LogP) is 3.23. The molecular formula is C14H22N2O2. The first-order chi connectivity index (χ1) is 8.66. The van der Waals surface area contributed by atoms with E-state index in [0.29, 0.717) is 0 Å². The third-order valence-electron chi connectivity index (χ3n) is 3.42. The minimum absolute atomic E-state index is 0.0263. The zero-order valence-electron chi connectivity index (χ0n) is 11.2. The second kappa shape index (κ2) is 5.94. The molecule has 4 nitrogen and oxygen atoms in total. The average molecular weight is 250 g/mol. The Balaban J connectivity index is 1.89. The van der Waals surface area contributed by atoms with Gasteiger partial charge < -0.3 is 14.6 Å². The summed E-state index contributed by atoms with van der Waals surface area (Å²) in [7, 11) is 0. The summed E-state index contributed by atoms with van der Waals surface area (Å²) < 4.78 is 5.52. The van der Waals surface area contributed by atoms with E-state index in [4.69, 9.17) is 4.42 Å². The topological polar surface area (TPSA) is 45.5 Å². The molecule has 1 aromatic rings. The van der Waals surface area contributed by atoms with Gasteiger partial charge in [0.25, 0.3) is 0 Å². The lowest BCUT2D eigenvalue weighted by atomic mass is 10.2. The number of rotatable bonds is 2. The highest BCUT2D eigenvalue weighted by atomic mass is 16.3. The summed E-state index contributed by atoms with van der Waals surface area (Å²) in [5.41, 5.74) is 0. The second-order valence-electron chi connectivity index (χ2n) is 5.02. The number of urea groups is 1. The van der Waals surface area contributed by atoms with Crippen molar-refractivity contribution >= 4 is 6.03 Å². The van der Waals surface area contributed by atoms with E-state index in [1.165, 1.54) is 12.8 Å². The van der Waals surface area contributed by atoms with Crippen LogP contribution < -0.4 is 5.32 Å². The van der Waals surface area contributed by atoms with Crippen LogP contribution in [-0.4, -0.2) is 24.0 Å². The quantitative estimate of drug-likeness (QED) is 0.875. The summed E-state index contributed by atoms with van der Waals surface area (Å²) >= 11 is 0. The standard InChI is InChI=1S/C14H22N2O2/c1-11-7-8-13(18-11)12(2)15-14(17)16-9-5-3-4-6-10-16/h7-8,12H,3-6,9-10H2,1-2H3,(H,15,17). The van der Waals surface area contributed by atoms with Crippen LogP contribution >= 0.6 is 0 Å². The Kier molecular flexibility index (Phi) is 4.28. The van der Waals surface area contributed by atoms with Crippen molar-refractivity contribution in [1.29, 1.82) is 0 Å². The summed E-state index contributed by atoms with van der Waals surface area (Å²) in [5, 5.41) is 3.00. The van der Waals surface area contributed by atoms with Gasteiger partial charge in [0.15, 0.2) is 0 Å². The van der Waals surface area contributed by atoms with Gasteiger partial charge in [-0.25, -0.2) is 4.79 Å². The normalized spacial score (nSPS) is 18.2. The third-order valence-corrected chi connectivity index (χ3v) is 3.42. The smallest absolute Gasteiger partial charge is 0.317 e. The summed E-state index contributed by atoms with van der Waals surface area (Å²) in [5.74, 6) is 1.69. The third kappa shape index (κ3) is 3.28. The van der Waals surface area contributed by atoms with Crippen LogP contribution in [0.1, 0.15) is 50.2 Å². The van der Waals surface area contributed by atoms with Gasteiger partial charge in [-0.1, -0.05) is 12.8 Å². The molecule has 4 heteroatoms. The van der Waals surface area contributed by atoms with Gasteiger partial charge >= 0.3 is 6.03 Å². The minimum Gasteiger partial charge on any atom is -0.464 e. The SMILES string of the molecule is Cc1ccc(C(C)NC(=O)N2CCCCCC2)o1. The summed E-state index contributed by atoms with van der Waals surface area (Å²) in [4.78, 5) is 14.0. The zero-order valence-corrected chi connectivity index (χ0v) is 11.2. The molecule has 2 heterocycles. The van der Waals surface area contributed by atoms with Gasteiger partial charge in [-0.05, 0) is 38.8 Å². The molecule has 1 aliphatic heterocycles. The molecule has 1 saturated heterocycles. The molecule has 100 valence electrons. The molecule has 1 aliphatic rings. The molecule has 0 bridgehead atoms. The van der Waals surface area contributed by atoms with Crippen molar-refractivity contribution in [2.24, 2.45) is 0 Å². The number of furan rings is 1. The number of nitrogens with one attached hydrogen (secondary N) is 1. The first-order valence-electron chi connectivity index (χ1n) is 6.78. The van der Waals surface area contributed by atoms with Crippen LogP contribution in [0, 0.1) is 6.92 Å². The Hall–Kier alpha value is -1.45. The van der Waals surface area contributed by atoms with Crippen molar-refractivity contribution < 1.29 is 9.21 Å². The molecular weight excluding hydrogens is 228 g/mol. The molecule has 0 spiro atoms. The van der Waals surface area contributed by atoms with Gasteiger partial charge in [0.2, 0.25) is 0 Å². The second-order valence-corrected chi connectivity index (χ2v) is 5.02. The average Bonchev–Trinajstić information content (AvgIpc) is 2.63. The molecule has 1 atom stereocenters. The Morgan fingerprint density at radius 2 is 1.94 bits per heavy atom. The first-order valence-corrected chi connectivity index (χ1v) is 6.78. The molecule has 0 saturated carbocycles. The number of amides is 2. The lowest BCUT2D eigenvalue weighted by Gasteiger charge is -2.22. The number of hydrogen-bond donors (Lipinski definition) is 1. The van der Waals surface area contributed by atoms with Gasteiger partial charge in [-0.2, -0.15) is 0 Å². The molecule has 18 heavy (non-hydrogen) atoms. The van der Waals surface area contributed by atoms with Gasteiger partial charge in [0.05, 0.1) is 6.04 Å². The van der Waals surface area contributed by atoms with Gasteiger partial charge in [0, 0.05) is 13.1 Å². The number of hydrogen-bond acceptors (Lipinski definition) is 2. The van der Waals surface area contributed by atoms with Gasteiger partial charge in [-0.3, -0.25) is 0 Å². The van der Waals surface area contributed by atoms with Crippen molar-refractivity contribution in [2.45, 2.75) is 45.6 Å². The number of carbonyl (C=O) groups is 1. The van der Waals surface area contributed by atoms with E-state index in [0.717, 1.165) is 37.5 Å². The molecule has 2 rings (SSSR count). The van der Waals surface area contributed by atoms with E-state index in [1.54, 1.807) is 0 Å². The highest BCUT2D eigenvalue weighted by molar-refractivity contribution is 5.74. The number of likely N-dealkylation sites (tertiary alicyclic amines) is 1. The van der Waals surface area contributed by atoms with Crippen LogP contribution in [-0.2, 0) is 0 Å². The minimum atomic E-state index is -0.0746. The summed E-state index contributed by atoms with van der Waals surface area (Å²) in [6.07, 6.45) is 4.69. The fraction of sp³-hybridized carbons (Fsp3) is 0.643. The lowest BCUT2D eigenvalue weighted by Crippen LogP contribution is -2.41. The summed E-state index contributed by atoms with van der Waals surface area (Å²) in [6, 6.07) is 3.79. The molecule has 0 aromatic carbocycles. The van der Waals surface area contributed by atoms with Crippen LogP contribution in [0.4, 0.5) is 4.79 Å². The van der Waals surface area contributed by atoms with E-state index in [1.807, 2.05) is 30.9 Å². The Labute approximate surface area is 108 Å². The van der Waals surface area contributed by atoms with E-state index in [2.05, 4.69) is 5.32 Å². The molecule has 0 aliphatic carbocycles. The fourth-order valence-electron chi connectivity index (χ4n) is 2.31. The van der Waals surface area contributed by atoms with Gasteiger partial charge in [-0.15, -0.1) is 0 Å². The Bertz CT molecular complexity index is 392. The van der Waals surface area contributed by atoms with Crippen LogP contribution in [0.5, 0.6) is 0 Å². The van der Waals surface area contributed by atoms with Crippen molar-refractivity contribution in [1.82, 2.24) is 10.2 Å². The van der Waals surface area contributed by atoms with E-state index in [9.17, 15) is 4.79 Å². The molecule has 1 fully saturated rings. The highest BCUT2D eigenvalue weighted by Crippen LogP contribution is 2.16. The monoisotopic (exact) mass is 250 g/mol. The summed E-state index contributed by atoms with van der Waals surface area (Å²) in [6.45, 7) is 5.60. The van der Waals surface area contributed by atoms with Crippen molar-refractivity contribution in [3.8, 4) is 0 Å². The van der Waals surface area contributed by atoms with E-state index >= 15 is 0 Å². The largest absolute Gasteiger partial charge is 0.464 e. The maximum atomic E-state index is 12.1. The molecule has 1 aromatic heterocycles. The van der Waals surface area contributed by atoms with E-state index < -0.39 is 0 Å². The van der Waals surface area contributed by atoms with Gasteiger partial charge in [0.1, 0.15) is 11.5 Å². The number of carbonyl (C=O) groups excluding carboxylic acids is 1. The first kappa shape index (κ1) is 13.0. The van der Waals surface area contributed by atoms with Crippen molar-refractivity contribution in [2.75, 3.05) is 13.1 Å². The Morgan fingerprint density at radius 1 is 1.28 bits per heavy atom. The Morgan fingerprint density at radius 3 is 2.50 bits per heavy atom. The number of nitrogens with zero attached hydrogens (tertiary/aromatic N) is 1. The highest BCUT2D eigenvalue weighted by Gasteiger charge is 2.18. The van der Waals surface area contributed by atoms with Crippen LogP contribution in [0.15, 0.2) is 16.5 Å². The van der Waals surface area contributed by atoms with Crippen LogP contribution in [0.3, 0.4) is 0 Å². The maximum absolute atomic E-state index is 12.1. The predicted molar refractivity (Wildman–Crippen MR) is 70.4 cm³/mol. The van der Waals surface area contributed by atoms with E-state index in [-0.39, 0.29) is 12.1 Å². The molecule has 0 radical (unpaired) electrons. The van der Waals surface area contributed by atoms with Crippen LogP contribution in [0.25, 0.3) is 0 Å². The molecule has 1 N–H and O–H groups in total. The molecule has 2 amide bonds. The zero-order chi connectivity index (χ0) is 13.0.